The first-order valence-electron chi connectivity index (χ1n) is 5.61. The number of halogens is 2. The number of benzene rings is 1. The molecule has 0 aliphatic carbocycles. The molecule has 0 saturated carbocycles. The Hall–Kier alpha value is -1.57. The number of anilines is 2. The normalized spacial score (nSPS) is 10.1. The summed E-state index contributed by atoms with van der Waals surface area (Å²) < 4.78 is 0.882. The van der Waals surface area contributed by atoms with Crippen molar-refractivity contribution >= 4 is 38.9 Å². The molecule has 3 nitrogen and oxygen atoms in total. The Balaban J connectivity index is 2.49. The molecule has 0 saturated heterocycles. The third-order valence-corrected chi connectivity index (χ3v) is 3.56. The van der Waals surface area contributed by atoms with Crippen LogP contribution in [0.3, 0.4) is 0 Å². The Morgan fingerprint density at radius 2 is 2.00 bits per heavy atom. The molecule has 1 heterocycles. The Bertz CT molecular complexity index is 677. The van der Waals surface area contributed by atoms with Crippen molar-refractivity contribution in [2.45, 2.75) is 13.8 Å². The highest BCUT2D eigenvalue weighted by atomic mass is 79.9. The van der Waals surface area contributed by atoms with E-state index in [0.29, 0.717) is 16.3 Å². The van der Waals surface area contributed by atoms with Gasteiger partial charge in [0.1, 0.15) is 6.07 Å². The molecule has 19 heavy (non-hydrogen) atoms. The van der Waals surface area contributed by atoms with E-state index in [2.05, 4.69) is 32.3 Å². The van der Waals surface area contributed by atoms with Crippen LogP contribution in [-0.2, 0) is 0 Å². The summed E-state index contributed by atoms with van der Waals surface area (Å²) >= 11 is 9.43. The molecular formula is C14H11BrClN3. The number of hydrogen-bond donors (Lipinski definition) is 1. The number of nitriles is 1. The van der Waals surface area contributed by atoms with Crippen molar-refractivity contribution in [1.29, 1.82) is 5.26 Å². The van der Waals surface area contributed by atoms with Gasteiger partial charge in [0.05, 0.1) is 22.6 Å². The maximum atomic E-state index is 9.22. The van der Waals surface area contributed by atoms with Crippen LogP contribution in [-0.4, -0.2) is 4.98 Å². The van der Waals surface area contributed by atoms with Gasteiger partial charge in [0, 0.05) is 15.2 Å². The van der Waals surface area contributed by atoms with Gasteiger partial charge >= 0.3 is 0 Å². The summed E-state index contributed by atoms with van der Waals surface area (Å²) in [5.41, 5.74) is 3.65. The summed E-state index contributed by atoms with van der Waals surface area (Å²) in [6.07, 6.45) is 0. The van der Waals surface area contributed by atoms with E-state index in [0.717, 1.165) is 21.5 Å². The van der Waals surface area contributed by atoms with Gasteiger partial charge in [-0.15, -0.1) is 0 Å². The fourth-order valence-corrected chi connectivity index (χ4v) is 2.32. The van der Waals surface area contributed by atoms with Crippen LogP contribution in [0.15, 0.2) is 28.7 Å². The Morgan fingerprint density at radius 1 is 1.26 bits per heavy atom. The van der Waals surface area contributed by atoms with Crippen LogP contribution in [0.2, 0.25) is 5.02 Å². The van der Waals surface area contributed by atoms with E-state index in [-0.39, 0.29) is 0 Å². The zero-order valence-corrected chi connectivity index (χ0v) is 12.8. The minimum absolute atomic E-state index is 0.539. The van der Waals surface area contributed by atoms with E-state index in [4.69, 9.17) is 11.6 Å². The standard InChI is InChI=1S/C14H11BrClN3/c1-8-5-13(11(7-17)9(2)18-8)19-14-6-10(16)3-4-12(14)15/h3-6H,1-2H3,(H,18,19). The molecule has 0 fully saturated rings. The number of nitrogens with one attached hydrogen (secondary N) is 1. The summed E-state index contributed by atoms with van der Waals surface area (Å²) in [5, 5.41) is 13.1. The summed E-state index contributed by atoms with van der Waals surface area (Å²) in [6.45, 7) is 3.72. The lowest BCUT2D eigenvalue weighted by molar-refractivity contribution is 1.11. The van der Waals surface area contributed by atoms with Gasteiger partial charge in [-0.3, -0.25) is 4.98 Å². The van der Waals surface area contributed by atoms with Crippen molar-refractivity contribution < 1.29 is 0 Å². The molecule has 0 radical (unpaired) electrons. The third-order valence-electron chi connectivity index (χ3n) is 2.64. The third kappa shape index (κ3) is 3.06. The fraction of sp³-hybridized carbons (Fsp3) is 0.143. The summed E-state index contributed by atoms with van der Waals surface area (Å²) in [4.78, 5) is 4.29. The number of aryl methyl sites for hydroxylation is 2. The predicted molar refractivity (Wildman–Crippen MR) is 80.9 cm³/mol. The van der Waals surface area contributed by atoms with E-state index in [1.807, 2.05) is 26.0 Å². The van der Waals surface area contributed by atoms with Crippen molar-refractivity contribution in [3.63, 3.8) is 0 Å². The predicted octanol–water partition coefficient (Wildman–Crippen LogP) is 4.73. The second-order valence-corrected chi connectivity index (χ2v) is 5.42. The van der Waals surface area contributed by atoms with Gasteiger partial charge in [0.2, 0.25) is 0 Å². The van der Waals surface area contributed by atoms with Crippen molar-refractivity contribution in [2.75, 3.05) is 5.32 Å². The molecule has 1 aromatic carbocycles. The zero-order valence-electron chi connectivity index (χ0n) is 10.5. The molecule has 0 spiro atoms. The first-order chi connectivity index (χ1) is 9.01. The van der Waals surface area contributed by atoms with E-state index in [1.165, 1.54) is 0 Å². The number of pyridine rings is 1. The van der Waals surface area contributed by atoms with E-state index in [1.54, 1.807) is 12.1 Å². The highest BCUT2D eigenvalue weighted by Crippen LogP contribution is 2.30. The molecule has 96 valence electrons. The minimum atomic E-state index is 0.539. The molecule has 0 bridgehead atoms. The summed E-state index contributed by atoms with van der Waals surface area (Å²) in [5.74, 6) is 0. The Kier molecular flexibility index (Phi) is 4.08. The first kappa shape index (κ1) is 13.9. The molecule has 2 rings (SSSR count). The fourth-order valence-electron chi connectivity index (χ4n) is 1.81. The quantitative estimate of drug-likeness (QED) is 0.862. The summed E-state index contributed by atoms with van der Waals surface area (Å²) in [7, 11) is 0. The zero-order chi connectivity index (χ0) is 14.0. The number of hydrogen-bond acceptors (Lipinski definition) is 3. The largest absolute Gasteiger partial charge is 0.353 e. The Labute approximate surface area is 125 Å². The molecule has 1 aromatic heterocycles. The van der Waals surface area contributed by atoms with Crippen molar-refractivity contribution in [2.24, 2.45) is 0 Å². The van der Waals surface area contributed by atoms with Crippen LogP contribution in [0.1, 0.15) is 17.0 Å². The van der Waals surface area contributed by atoms with Gasteiger partial charge in [-0.2, -0.15) is 5.26 Å². The summed E-state index contributed by atoms with van der Waals surface area (Å²) in [6, 6.07) is 9.48. The maximum absolute atomic E-state index is 9.22. The van der Waals surface area contributed by atoms with Crippen LogP contribution in [0.5, 0.6) is 0 Å². The highest BCUT2D eigenvalue weighted by Gasteiger charge is 2.10. The van der Waals surface area contributed by atoms with Gasteiger partial charge in [0.15, 0.2) is 0 Å². The van der Waals surface area contributed by atoms with Crippen LogP contribution in [0.25, 0.3) is 0 Å². The SMILES string of the molecule is Cc1cc(Nc2cc(Cl)ccc2Br)c(C#N)c(C)n1. The lowest BCUT2D eigenvalue weighted by atomic mass is 10.1. The topological polar surface area (TPSA) is 48.7 Å². The van der Waals surface area contributed by atoms with E-state index in [9.17, 15) is 5.26 Å². The van der Waals surface area contributed by atoms with Gasteiger partial charge in [0.25, 0.3) is 0 Å². The Morgan fingerprint density at radius 3 is 2.68 bits per heavy atom. The molecule has 0 atom stereocenters. The molecule has 1 N–H and O–H groups in total. The van der Waals surface area contributed by atoms with Crippen molar-refractivity contribution in [3.8, 4) is 6.07 Å². The second-order valence-electron chi connectivity index (χ2n) is 4.13. The number of rotatable bonds is 2. The first-order valence-corrected chi connectivity index (χ1v) is 6.79. The average molecular weight is 337 g/mol. The maximum Gasteiger partial charge on any atom is 0.103 e. The van der Waals surface area contributed by atoms with Gasteiger partial charge in [-0.05, 0) is 54.0 Å². The van der Waals surface area contributed by atoms with Crippen LogP contribution >= 0.6 is 27.5 Å². The number of nitrogens with zero attached hydrogens (tertiary/aromatic N) is 2. The van der Waals surface area contributed by atoms with Crippen molar-refractivity contribution in [3.05, 3.63) is 50.7 Å². The highest BCUT2D eigenvalue weighted by molar-refractivity contribution is 9.10. The van der Waals surface area contributed by atoms with Gasteiger partial charge in [-0.25, -0.2) is 0 Å². The van der Waals surface area contributed by atoms with Gasteiger partial charge in [-0.1, -0.05) is 11.6 Å². The minimum Gasteiger partial charge on any atom is -0.353 e. The molecule has 0 unspecified atom stereocenters. The van der Waals surface area contributed by atoms with Crippen molar-refractivity contribution in [1.82, 2.24) is 4.98 Å². The average Bonchev–Trinajstić information content (AvgIpc) is 2.33. The number of aromatic nitrogens is 1. The van der Waals surface area contributed by atoms with Crippen LogP contribution in [0.4, 0.5) is 11.4 Å². The molecular weight excluding hydrogens is 326 g/mol. The lowest BCUT2D eigenvalue weighted by Crippen LogP contribution is -2.00. The molecule has 0 amide bonds. The van der Waals surface area contributed by atoms with Crippen LogP contribution < -0.4 is 5.32 Å². The van der Waals surface area contributed by atoms with E-state index < -0.39 is 0 Å². The second kappa shape index (κ2) is 5.60. The lowest BCUT2D eigenvalue weighted by Gasteiger charge is -2.12. The van der Waals surface area contributed by atoms with E-state index >= 15 is 0 Å². The smallest absolute Gasteiger partial charge is 0.103 e. The molecule has 5 heteroatoms. The van der Waals surface area contributed by atoms with Gasteiger partial charge < -0.3 is 5.32 Å². The molecule has 2 aromatic rings. The molecule has 0 aliphatic rings. The molecule has 0 aliphatic heterocycles. The van der Waals surface area contributed by atoms with Crippen LogP contribution in [0, 0.1) is 25.2 Å². The monoisotopic (exact) mass is 335 g/mol.